The number of carbonyl (C=O) groups is 1. The highest BCUT2D eigenvalue weighted by Gasteiger charge is 2.39. The molecular weight excluding hydrogens is 238 g/mol. The fourth-order valence-corrected chi connectivity index (χ4v) is 2.55. The summed E-state index contributed by atoms with van der Waals surface area (Å²) in [7, 11) is 0. The number of esters is 1. The quantitative estimate of drug-likeness (QED) is 0.850. The van der Waals surface area contributed by atoms with E-state index in [-0.39, 0.29) is 12.1 Å². The molecule has 0 saturated heterocycles. The van der Waals surface area contributed by atoms with Gasteiger partial charge in [0.05, 0.1) is 0 Å². The van der Waals surface area contributed by atoms with E-state index in [1.165, 1.54) is 0 Å². The van der Waals surface area contributed by atoms with Crippen LogP contribution in [0.15, 0.2) is 30.3 Å². The molecule has 1 atom stereocenters. The second-order valence-corrected chi connectivity index (χ2v) is 5.80. The van der Waals surface area contributed by atoms with Gasteiger partial charge < -0.3 is 10.5 Å². The van der Waals surface area contributed by atoms with Crippen LogP contribution in [0.1, 0.15) is 51.2 Å². The SMILES string of the molecule is CC1CCC(N)(C(=O)OC(C)c2ccccc2)CC1. The minimum absolute atomic E-state index is 0.242. The van der Waals surface area contributed by atoms with E-state index in [4.69, 9.17) is 10.5 Å². The van der Waals surface area contributed by atoms with Gasteiger partial charge in [-0.25, -0.2) is 0 Å². The Bertz CT molecular complexity index is 422. The molecule has 3 heteroatoms. The van der Waals surface area contributed by atoms with Crippen LogP contribution in [0.5, 0.6) is 0 Å². The molecule has 1 fully saturated rings. The fourth-order valence-electron chi connectivity index (χ4n) is 2.55. The van der Waals surface area contributed by atoms with Crippen molar-refractivity contribution in [2.24, 2.45) is 11.7 Å². The molecule has 3 nitrogen and oxygen atoms in total. The third-order valence-corrected chi connectivity index (χ3v) is 4.13. The van der Waals surface area contributed by atoms with E-state index in [1.807, 2.05) is 37.3 Å². The summed E-state index contributed by atoms with van der Waals surface area (Å²) in [6.07, 6.45) is 3.23. The maximum absolute atomic E-state index is 12.3. The Morgan fingerprint density at radius 3 is 2.47 bits per heavy atom. The van der Waals surface area contributed by atoms with Crippen molar-refractivity contribution < 1.29 is 9.53 Å². The van der Waals surface area contributed by atoms with E-state index in [2.05, 4.69) is 6.92 Å². The Hall–Kier alpha value is -1.35. The van der Waals surface area contributed by atoms with Crippen LogP contribution in [0.3, 0.4) is 0 Å². The van der Waals surface area contributed by atoms with E-state index in [9.17, 15) is 4.79 Å². The lowest BCUT2D eigenvalue weighted by atomic mass is 9.78. The maximum Gasteiger partial charge on any atom is 0.326 e. The predicted octanol–water partition coefficient (Wildman–Crippen LogP) is 3.20. The second kappa shape index (κ2) is 5.74. The van der Waals surface area contributed by atoms with Gasteiger partial charge in [-0.3, -0.25) is 4.79 Å². The molecule has 104 valence electrons. The van der Waals surface area contributed by atoms with E-state index < -0.39 is 5.54 Å². The van der Waals surface area contributed by atoms with Crippen LogP contribution >= 0.6 is 0 Å². The number of benzene rings is 1. The lowest BCUT2D eigenvalue weighted by Crippen LogP contribution is -2.51. The molecule has 0 amide bonds. The van der Waals surface area contributed by atoms with E-state index >= 15 is 0 Å². The number of hydrogen-bond donors (Lipinski definition) is 1. The predicted molar refractivity (Wildman–Crippen MR) is 75.5 cm³/mol. The molecule has 0 aromatic heterocycles. The van der Waals surface area contributed by atoms with Gasteiger partial charge in [0, 0.05) is 0 Å². The molecule has 0 aliphatic heterocycles. The second-order valence-electron chi connectivity index (χ2n) is 5.80. The van der Waals surface area contributed by atoms with Crippen LogP contribution in [0.4, 0.5) is 0 Å². The smallest absolute Gasteiger partial charge is 0.326 e. The van der Waals surface area contributed by atoms with Gasteiger partial charge in [0.15, 0.2) is 0 Å². The van der Waals surface area contributed by atoms with Crippen LogP contribution in [-0.4, -0.2) is 11.5 Å². The lowest BCUT2D eigenvalue weighted by Gasteiger charge is -2.34. The number of rotatable bonds is 3. The molecule has 1 aromatic carbocycles. The molecule has 0 spiro atoms. The maximum atomic E-state index is 12.3. The summed E-state index contributed by atoms with van der Waals surface area (Å²) in [6, 6.07) is 9.76. The zero-order chi connectivity index (χ0) is 13.9. The minimum atomic E-state index is -0.782. The van der Waals surface area contributed by atoms with Gasteiger partial charge in [-0.05, 0) is 44.1 Å². The van der Waals surface area contributed by atoms with Crippen molar-refractivity contribution in [1.82, 2.24) is 0 Å². The summed E-state index contributed by atoms with van der Waals surface area (Å²) in [5, 5.41) is 0. The standard InChI is InChI=1S/C16H23NO2/c1-12-8-10-16(17,11-9-12)15(18)19-13(2)14-6-4-3-5-7-14/h3-7,12-13H,8-11,17H2,1-2H3. The topological polar surface area (TPSA) is 52.3 Å². The summed E-state index contributed by atoms with van der Waals surface area (Å²) in [6.45, 7) is 4.10. The first-order chi connectivity index (χ1) is 9.01. The van der Waals surface area contributed by atoms with Gasteiger partial charge in [-0.15, -0.1) is 0 Å². The van der Waals surface area contributed by atoms with Crippen LogP contribution in [0.25, 0.3) is 0 Å². The average Bonchev–Trinajstić information content (AvgIpc) is 2.43. The summed E-state index contributed by atoms with van der Waals surface area (Å²) in [4.78, 5) is 12.3. The van der Waals surface area contributed by atoms with Gasteiger partial charge in [-0.1, -0.05) is 37.3 Å². The van der Waals surface area contributed by atoms with Crippen molar-refractivity contribution >= 4 is 5.97 Å². The molecule has 1 aliphatic carbocycles. The Kier molecular flexibility index (Phi) is 4.25. The monoisotopic (exact) mass is 261 g/mol. The van der Waals surface area contributed by atoms with E-state index in [0.717, 1.165) is 31.2 Å². The summed E-state index contributed by atoms with van der Waals surface area (Å²) in [5.74, 6) is 0.409. The Labute approximate surface area is 115 Å². The van der Waals surface area contributed by atoms with Gasteiger partial charge in [-0.2, -0.15) is 0 Å². The first kappa shape index (κ1) is 14.1. The average molecular weight is 261 g/mol. The molecule has 19 heavy (non-hydrogen) atoms. The molecule has 0 radical (unpaired) electrons. The van der Waals surface area contributed by atoms with Gasteiger partial charge >= 0.3 is 5.97 Å². The molecule has 1 saturated carbocycles. The van der Waals surface area contributed by atoms with E-state index in [1.54, 1.807) is 0 Å². The van der Waals surface area contributed by atoms with Crippen molar-refractivity contribution in [1.29, 1.82) is 0 Å². The Balaban J connectivity index is 1.97. The lowest BCUT2D eigenvalue weighted by molar-refractivity contribution is -0.157. The van der Waals surface area contributed by atoms with Crippen molar-refractivity contribution in [2.45, 2.75) is 51.2 Å². The first-order valence-corrected chi connectivity index (χ1v) is 7.06. The van der Waals surface area contributed by atoms with Crippen LogP contribution in [0, 0.1) is 5.92 Å². The molecule has 0 bridgehead atoms. The molecule has 1 aromatic rings. The Morgan fingerprint density at radius 1 is 1.32 bits per heavy atom. The zero-order valence-corrected chi connectivity index (χ0v) is 11.8. The molecule has 2 rings (SSSR count). The van der Waals surface area contributed by atoms with Gasteiger partial charge in [0.1, 0.15) is 11.6 Å². The molecular formula is C16H23NO2. The first-order valence-electron chi connectivity index (χ1n) is 7.06. The Morgan fingerprint density at radius 2 is 1.89 bits per heavy atom. The van der Waals surface area contributed by atoms with Crippen molar-refractivity contribution in [3.05, 3.63) is 35.9 Å². The van der Waals surface area contributed by atoms with Crippen LogP contribution in [0.2, 0.25) is 0 Å². The summed E-state index contributed by atoms with van der Waals surface area (Å²) < 4.78 is 5.55. The number of nitrogens with two attached hydrogens (primary N) is 1. The highest BCUT2D eigenvalue weighted by atomic mass is 16.5. The number of ether oxygens (including phenoxy) is 1. The third kappa shape index (κ3) is 3.35. The molecule has 0 heterocycles. The zero-order valence-electron chi connectivity index (χ0n) is 11.8. The largest absolute Gasteiger partial charge is 0.456 e. The van der Waals surface area contributed by atoms with Gasteiger partial charge in [0.2, 0.25) is 0 Å². The van der Waals surface area contributed by atoms with Crippen LogP contribution in [-0.2, 0) is 9.53 Å². The molecule has 1 unspecified atom stereocenters. The normalized spacial score (nSPS) is 28.7. The highest BCUT2D eigenvalue weighted by Crippen LogP contribution is 2.32. The highest BCUT2D eigenvalue weighted by molar-refractivity contribution is 5.80. The van der Waals surface area contributed by atoms with Crippen molar-refractivity contribution in [3.63, 3.8) is 0 Å². The third-order valence-electron chi connectivity index (χ3n) is 4.13. The minimum Gasteiger partial charge on any atom is -0.456 e. The molecule has 2 N–H and O–H groups in total. The number of carbonyl (C=O) groups excluding carboxylic acids is 1. The summed E-state index contributed by atoms with van der Waals surface area (Å²) in [5.41, 5.74) is 6.44. The summed E-state index contributed by atoms with van der Waals surface area (Å²) >= 11 is 0. The van der Waals surface area contributed by atoms with E-state index in [0.29, 0.717) is 5.92 Å². The molecule has 1 aliphatic rings. The van der Waals surface area contributed by atoms with Crippen LogP contribution < -0.4 is 5.73 Å². The van der Waals surface area contributed by atoms with Gasteiger partial charge in [0.25, 0.3) is 0 Å². The number of hydrogen-bond acceptors (Lipinski definition) is 3. The fraction of sp³-hybridized carbons (Fsp3) is 0.562. The van der Waals surface area contributed by atoms with Crippen molar-refractivity contribution in [3.8, 4) is 0 Å². The van der Waals surface area contributed by atoms with Crippen molar-refractivity contribution in [2.75, 3.05) is 0 Å².